The average Bonchev–Trinajstić information content (AvgIpc) is 3.82. The number of anilines is 1. The van der Waals surface area contributed by atoms with Crippen molar-refractivity contribution in [3.63, 3.8) is 0 Å². The van der Waals surface area contributed by atoms with E-state index in [4.69, 9.17) is 0 Å². The lowest BCUT2D eigenvalue weighted by Gasteiger charge is -2.49. The van der Waals surface area contributed by atoms with Crippen molar-refractivity contribution in [1.29, 1.82) is 0 Å². The quantitative estimate of drug-likeness (QED) is 0.273. The maximum atomic E-state index is 16.0. The van der Waals surface area contributed by atoms with Gasteiger partial charge >= 0.3 is 0 Å². The van der Waals surface area contributed by atoms with E-state index in [1.54, 1.807) is 17.9 Å². The summed E-state index contributed by atoms with van der Waals surface area (Å²) in [5.74, 6) is -2.69. The molecule has 4 amide bonds. The number of hydrogen-bond acceptors (Lipinski definition) is 8. The Hall–Kier alpha value is -5.02. The zero-order valence-electron chi connectivity index (χ0n) is 30.9. The van der Waals surface area contributed by atoms with Crippen LogP contribution in [0.5, 0.6) is 5.75 Å². The number of phenolic OH excluding ortho intramolecular Hbond substituents is 1. The molecule has 3 aromatic carbocycles. The Labute approximate surface area is 320 Å². The van der Waals surface area contributed by atoms with Gasteiger partial charge in [0.1, 0.15) is 23.4 Å². The molecule has 0 saturated carbocycles. The van der Waals surface area contributed by atoms with Gasteiger partial charge in [-0.15, -0.1) is 0 Å². The third-order valence-corrected chi connectivity index (χ3v) is 12.7. The average molecular weight is 775 g/mol. The van der Waals surface area contributed by atoms with Crippen molar-refractivity contribution in [2.45, 2.75) is 76.8 Å². The molecule has 3 fully saturated rings. The van der Waals surface area contributed by atoms with Gasteiger partial charge in [0.25, 0.3) is 12.3 Å². The summed E-state index contributed by atoms with van der Waals surface area (Å²) in [4.78, 5) is 59.6. The topological polar surface area (TPSA) is 117 Å². The Morgan fingerprint density at radius 2 is 1.68 bits per heavy atom. The predicted molar refractivity (Wildman–Crippen MR) is 195 cm³/mol. The van der Waals surface area contributed by atoms with Crippen LogP contribution in [0.2, 0.25) is 0 Å². The van der Waals surface area contributed by atoms with Crippen LogP contribution in [0.1, 0.15) is 76.0 Å². The smallest absolute Gasteiger partial charge is 0.255 e. The van der Waals surface area contributed by atoms with Crippen LogP contribution in [0.25, 0.3) is 0 Å². The van der Waals surface area contributed by atoms with E-state index >= 15 is 8.78 Å². The van der Waals surface area contributed by atoms with Gasteiger partial charge in [0.05, 0.1) is 19.1 Å². The second-order valence-electron chi connectivity index (χ2n) is 16.5. The van der Waals surface area contributed by atoms with Gasteiger partial charge in [-0.05, 0) is 90.9 Å². The van der Waals surface area contributed by atoms with Crippen LogP contribution in [0, 0.1) is 17.0 Å². The Morgan fingerprint density at radius 1 is 0.946 bits per heavy atom. The molecular formula is C41H42F4N6O5. The van der Waals surface area contributed by atoms with Crippen LogP contribution in [-0.4, -0.2) is 106 Å². The second-order valence-corrected chi connectivity index (χ2v) is 16.5. The highest BCUT2D eigenvalue weighted by Gasteiger charge is 2.49. The number of alkyl halides is 2. The van der Waals surface area contributed by atoms with E-state index in [2.05, 4.69) is 10.2 Å². The van der Waals surface area contributed by atoms with Gasteiger partial charge in [0.2, 0.25) is 17.7 Å². The first-order chi connectivity index (χ1) is 26.8. The zero-order chi connectivity index (χ0) is 39.2. The fourth-order valence-corrected chi connectivity index (χ4v) is 9.99. The largest absolute Gasteiger partial charge is 0.508 e. The summed E-state index contributed by atoms with van der Waals surface area (Å²) < 4.78 is 59.5. The third-order valence-electron chi connectivity index (χ3n) is 12.7. The molecule has 6 aliphatic rings. The molecular weight excluding hydrogens is 732 g/mol. The molecule has 3 atom stereocenters. The Balaban J connectivity index is 0.824. The van der Waals surface area contributed by atoms with Gasteiger partial charge in [-0.1, -0.05) is 12.1 Å². The number of hydrogen-bond donors (Lipinski definition) is 2. The van der Waals surface area contributed by atoms with Crippen LogP contribution in [0.4, 0.5) is 23.2 Å². The number of amides is 4. The lowest BCUT2D eigenvalue weighted by Crippen LogP contribution is -2.58. The van der Waals surface area contributed by atoms with Crippen LogP contribution in [0.15, 0.2) is 42.5 Å². The number of phenols is 1. The third kappa shape index (κ3) is 6.28. The summed E-state index contributed by atoms with van der Waals surface area (Å²) in [5, 5.41) is 12.4. The first kappa shape index (κ1) is 36.6. The van der Waals surface area contributed by atoms with Gasteiger partial charge in [-0.3, -0.25) is 34.3 Å². The number of nitrogens with zero attached hydrogens (tertiary/aromatic N) is 5. The Bertz CT molecular complexity index is 2150. The Morgan fingerprint density at radius 3 is 2.39 bits per heavy atom. The van der Waals surface area contributed by atoms with Crippen LogP contribution in [-0.2, 0) is 40.4 Å². The van der Waals surface area contributed by atoms with E-state index < -0.39 is 48.6 Å². The van der Waals surface area contributed by atoms with Crippen molar-refractivity contribution in [2.75, 3.05) is 44.2 Å². The second kappa shape index (κ2) is 13.6. The number of carbonyl (C=O) groups is 4. The van der Waals surface area contributed by atoms with Gasteiger partial charge in [-0.2, -0.15) is 0 Å². The molecule has 0 radical (unpaired) electrons. The summed E-state index contributed by atoms with van der Waals surface area (Å²) in [7, 11) is 0. The lowest BCUT2D eigenvalue weighted by atomic mass is 9.78. The SMILES string of the molecule is C[C@@H]1Cc2cc(O)ccc2[C@@H](c2c(F)cc(N3CC4(CCN(CC(=O)N5Cc6cc7c(cc6C5)C(=O)N(C5CCC(=O)NC5=O)C7)C4)C3)cc2F)N1CC(F)F. The van der Waals surface area contributed by atoms with E-state index in [1.807, 2.05) is 17.0 Å². The molecule has 56 heavy (non-hydrogen) atoms. The molecule has 0 aliphatic carbocycles. The highest BCUT2D eigenvalue weighted by molar-refractivity contribution is 6.05. The van der Waals surface area contributed by atoms with Gasteiger partial charge in [0, 0.05) is 74.0 Å². The van der Waals surface area contributed by atoms with Crippen LogP contribution in [0.3, 0.4) is 0 Å². The molecule has 2 N–H and O–H groups in total. The summed E-state index contributed by atoms with van der Waals surface area (Å²) >= 11 is 0. The molecule has 9 rings (SSSR count). The van der Waals surface area contributed by atoms with Crippen LogP contribution >= 0.6 is 0 Å². The van der Waals surface area contributed by atoms with Crippen molar-refractivity contribution in [1.82, 2.24) is 24.9 Å². The number of piperidine rings is 1. The predicted octanol–water partition coefficient (Wildman–Crippen LogP) is 4.09. The number of aromatic hydroxyl groups is 1. The molecule has 11 nitrogen and oxygen atoms in total. The molecule has 15 heteroatoms. The normalized spacial score (nSPS) is 24.5. The monoisotopic (exact) mass is 774 g/mol. The lowest BCUT2D eigenvalue weighted by molar-refractivity contribution is -0.137. The molecule has 294 valence electrons. The van der Waals surface area contributed by atoms with Crippen molar-refractivity contribution in [3.8, 4) is 5.75 Å². The first-order valence-electron chi connectivity index (χ1n) is 19.1. The Kier molecular flexibility index (Phi) is 8.87. The maximum absolute atomic E-state index is 16.0. The standard InChI is InChI=1S/C41H42F4N6O5/c1-22-8-23-10-28(52)2-3-29(23)38(50(22)17-34(44)45)37-31(42)12-27(13-32(37)43)49-20-41(21-49)6-7-47(19-41)18-36(54)48-14-24-9-26-16-51(33-4-5-35(53)46-39(33)55)40(56)30(26)11-25(24)15-48/h2-3,9-13,22,33-34,38,52H,4-8,14-21H2,1H3,(H,46,53,55)/t22-,33?,38+/m1/s1. The number of imide groups is 1. The minimum Gasteiger partial charge on any atom is -0.508 e. The van der Waals surface area contributed by atoms with E-state index in [-0.39, 0.29) is 54.0 Å². The number of likely N-dealkylation sites (tertiary alicyclic amines) is 1. The van der Waals surface area contributed by atoms with Gasteiger partial charge in [0.15, 0.2) is 0 Å². The number of rotatable bonds is 7. The van der Waals surface area contributed by atoms with Crippen molar-refractivity contribution < 1.29 is 41.8 Å². The summed E-state index contributed by atoms with van der Waals surface area (Å²) in [6, 6.07) is 8.62. The number of benzene rings is 3. The molecule has 6 aliphatic heterocycles. The van der Waals surface area contributed by atoms with Crippen LogP contribution < -0.4 is 10.2 Å². The van der Waals surface area contributed by atoms with Crippen molar-refractivity contribution in [3.05, 3.63) is 93.0 Å². The van der Waals surface area contributed by atoms with Gasteiger partial charge < -0.3 is 19.8 Å². The molecule has 3 aromatic rings. The molecule has 0 bridgehead atoms. The number of carbonyl (C=O) groups excluding carboxylic acids is 4. The minimum absolute atomic E-state index is 0.000824. The van der Waals surface area contributed by atoms with E-state index in [0.717, 1.165) is 23.1 Å². The fraction of sp³-hybridized carbons (Fsp3) is 0.463. The van der Waals surface area contributed by atoms with E-state index in [9.17, 15) is 33.1 Å². The van der Waals surface area contributed by atoms with E-state index in [1.165, 1.54) is 34.1 Å². The first-order valence-corrected chi connectivity index (χ1v) is 19.1. The zero-order valence-corrected chi connectivity index (χ0v) is 30.9. The minimum atomic E-state index is -2.70. The van der Waals surface area contributed by atoms with Crippen molar-refractivity contribution in [2.24, 2.45) is 5.41 Å². The summed E-state index contributed by atoms with van der Waals surface area (Å²) in [5.41, 5.74) is 4.31. The highest BCUT2D eigenvalue weighted by Crippen LogP contribution is 2.45. The molecule has 3 saturated heterocycles. The molecule has 1 spiro atoms. The molecule has 0 aromatic heterocycles. The van der Waals surface area contributed by atoms with Gasteiger partial charge in [-0.25, -0.2) is 17.6 Å². The van der Waals surface area contributed by atoms with E-state index in [0.29, 0.717) is 74.5 Å². The number of fused-ring (bicyclic) bond motifs is 3. The van der Waals surface area contributed by atoms with Crippen molar-refractivity contribution >= 4 is 29.3 Å². The number of nitrogens with one attached hydrogen (secondary N) is 1. The highest BCUT2D eigenvalue weighted by atomic mass is 19.3. The maximum Gasteiger partial charge on any atom is 0.255 e. The number of halogens is 4. The summed E-state index contributed by atoms with van der Waals surface area (Å²) in [6.07, 6.45) is -1.04. The summed E-state index contributed by atoms with van der Waals surface area (Å²) in [6.45, 7) is 4.86. The molecule has 1 unspecified atom stereocenters. The fourth-order valence-electron chi connectivity index (χ4n) is 9.99. The molecule has 6 heterocycles.